The van der Waals surface area contributed by atoms with Crippen LogP contribution in [0, 0.1) is 12.8 Å². The van der Waals surface area contributed by atoms with E-state index in [1.54, 1.807) is 0 Å². The van der Waals surface area contributed by atoms with Gasteiger partial charge in [0.15, 0.2) is 5.96 Å². The molecule has 0 radical (unpaired) electrons. The van der Waals surface area contributed by atoms with Crippen molar-refractivity contribution >= 4 is 47.2 Å². The maximum absolute atomic E-state index is 6.21. The number of aliphatic imine (C=N–C) groups is 1. The Hall–Kier alpha value is -0.770. The Labute approximate surface area is 203 Å². The maximum Gasteiger partial charge on any atom is 0.191 e. The second kappa shape index (κ2) is 11.7. The first-order valence-electron chi connectivity index (χ1n) is 10.7. The van der Waals surface area contributed by atoms with E-state index in [4.69, 9.17) is 16.3 Å². The van der Waals surface area contributed by atoms with Gasteiger partial charge in [-0.2, -0.15) is 0 Å². The van der Waals surface area contributed by atoms with Crippen LogP contribution in [-0.4, -0.2) is 75.9 Å². The lowest BCUT2D eigenvalue weighted by molar-refractivity contribution is -0.00834. The molecule has 0 amide bonds. The molecule has 1 atom stereocenters. The van der Waals surface area contributed by atoms with Crippen LogP contribution in [0.25, 0.3) is 0 Å². The molecule has 2 aliphatic rings. The third-order valence-corrected chi connectivity index (χ3v) is 6.37. The van der Waals surface area contributed by atoms with Gasteiger partial charge in [0.1, 0.15) is 0 Å². The summed E-state index contributed by atoms with van der Waals surface area (Å²) in [5.74, 6) is 1.47. The zero-order chi connectivity index (χ0) is 20.9. The highest BCUT2D eigenvalue weighted by atomic mass is 127. The molecule has 30 heavy (non-hydrogen) atoms. The van der Waals surface area contributed by atoms with Crippen LogP contribution < -0.4 is 15.5 Å². The first-order chi connectivity index (χ1) is 13.9. The average molecular weight is 550 g/mol. The number of benzene rings is 1. The minimum atomic E-state index is 0. The quantitative estimate of drug-likeness (QED) is 0.324. The van der Waals surface area contributed by atoms with Crippen LogP contribution in [-0.2, 0) is 4.74 Å². The third-order valence-electron chi connectivity index (χ3n) is 6.14. The number of ether oxygens (including phenoxy) is 1. The second-order valence-electron chi connectivity index (χ2n) is 8.75. The molecule has 2 N–H and O–H groups in total. The van der Waals surface area contributed by atoms with Gasteiger partial charge in [0.2, 0.25) is 0 Å². The van der Waals surface area contributed by atoms with Crippen molar-refractivity contribution in [2.24, 2.45) is 10.9 Å². The molecule has 0 spiro atoms. The van der Waals surface area contributed by atoms with Crippen molar-refractivity contribution < 1.29 is 4.74 Å². The Bertz CT molecular complexity index is 709. The first kappa shape index (κ1) is 25.5. The SMILES string of the molecule is CN=C(NCC1CCN(c2cc(Cl)ccc2C)C1)NCC(C)(C)N1CCOCC1.I. The van der Waals surface area contributed by atoms with Gasteiger partial charge in [-0.05, 0) is 50.8 Å². The summed E-state index contributed by atoms with van der Waals surface area (Å²) in [5.41, 5.74) is 2.61. The lowest BCUT2D eigenvalue weighted by Gasteiger charge is -2.41. The van der Waals surface area contributed by atoms with Gasteiger partial charge in [-0.25, -0.2) is 0 Å². The van der Waals surface area contributed by atoms with Crippen molar-refractivity contribution in [1.29, 1.82) is 0 Å². The molecule has 0 aromatic heterocycles. The highest BCUT2D eigenvalue weighted by Gasteiger charge is 2.28. The molecule has 3 rings (SSSR count). The number of nitrogens with zero attached hydrogens (tertiary/aromatic N) is 3. The summed E-state index contributed by atoms with van der Waals surface area (Å²) in [6.07, 6.45) is 1.18. The number of hydrogen-bond acceptors (Lipinski definition) is 4. The lowest BCUT2D eigenvalue weighted by atomic mass is 10.0. The van der Waals surface area contributed by atoms with Crippen LogP contribution in [0.2, 0.25) is 5.02 Å². The van der Waals surface area contributed by atoms with E-state index >= 15 is 0 Å². The van der Waals surface area contributed by atoms with E-state index in [2.05, 4.69) is 58.3 Å². The van der Waals surface area contributed by atoms with E-state index in [0.29, 0.717) is 5.92 Å². The molecule has 6 nitrogen and oxygen atoms in total. The molecule has 1 unspecified atom stereocenters. The molecule has 8 heteroatoms. The van der Waals surface area contributed by atoms with E-state index in [1.807, 2.05) is 13.1 Å². The van der Waals surface area contributed by atoms with Crippen LogP contribution in [0.4, 0.5) is 5.69 Å². The van der Waals surface area contributed by atoms with E-state index in [-0.39, 0.29) is 29.5 Å². The number of morpholine rings is 1. The topological polar surface area (TPSA) is 52.1 Å². The molecule has 1 aromatic carbocycles. The number of guanidine groups is 1. The summed E-state index contributed by atoms with van der Waals surface area (Å²) < 4.78 is 5.48. The van der Waals surface area contributed by atoms with Crippen LogP contribution in [0.5, 0.6) is 0 Å². The zero-order valence-electron chi connectivity index (χ0n) is 18.7. The van der Waals surface area contributed by atoms with Crippen LogP contribution >= 0.6 is 35.6 Å². The summed E-state index contributed by atoms with van der Waals surface area (Å²) in [6, 6.07) is 6.15. The van der Waals surface area contributed by atoms with Gasteiger partial charge in [-0.15, -0.1) is 24.0 Å². The number of anilines is 1. The normalized spacial score (nSPS) is 20.8. The van der Waals surface area contributed by atoms with E-state index < -0.39 is 0 Å². The minimum Gasteiger partial charge on any atom is -0.379 e. The Kier molecular flexibility index (Phi) is 9.97. The molecule has 2 saturated heterocycles. The number of hydrogen-bond donors (Lipinski definition) is 2. The van der Waals surface area contributed by atoms with Gasteiger partial charge < -0.3 is 20.3 Å². The summed E-state index contributed by atoms with van der Waals surface area (Å²) in [7, 11) is 1.84. The first-order valence-corrected chi connectivity index (χ1v) is 11.1. The van der Waals surface area contributed by atoms with Gasteiger partial charge in [0.05, 0.1) is 13.2 Å². The summed E-state index contributed by atoms with van der Waals surface area (Å²) in [5, 5.41) is 7.85. The Morgan fingerprint density at radius 2 is 1.97 bits per heavy atom. The molecule has 1 aromatic rings. The van der Waals surface area contributed by atoms with Gasteiger partial charge in [-0.1, -0.05) is 17.7 Å². The van der Waals surface area contributed by atoms with Crippen molar-refractivity contribution in [3.8, 4) is 0 Å². The van der Waals surface area contributed by atoms with Gasteiger partial charge in [0, 0.05) is 62.6 Å². The molecule has 0 aliphatic carbocycles. The summed E-state index contributed by atoms with van der Waals surface area (Å²) in [6.45, 7) is 14.2. The molecule has 0 saturated carbocycles. The largest absolute Gasteiger partial charge is 0.379 e. The second-order valence-corrected chi connectivity index (χ2v) is 9.19. The zero-order valence-corrected chi connectivity index (χ0v) is 21.8. The van der Waals surface area contributed by atoms with E-state index in [0.717, 1.165) is 63.5 Å². The number of aryl methyl sites for hydroxylation is 1. The average Bonchev–Trinajstić information content (AvgIpc) is 3.19. The van der Waals surface area contributed by atoms with Crippen LogP contribution in [0.1, 0.15) is 25.8 Å². The number of halogens is 2. The van der Waals surface area contributed by atoms with Gasteiger partial charge in [0.25, 0.3) is 0 Å². The fraction of sp³-hybridized carbons (Fsp3) is 0.682. The fourth-order valence-electron chi connectivity index (χ4n) is 4.18. The Morgan fingerprint density at radius 3 is 2.67 bits per heavy atom. The fourth-order valence-corrected chi connectivity index (χ4v) is 4.35. The van der Waals surface area contributed by atoms with E-state index in [9.17, 15) is 0 Å². The van der Waals surface area contributed by atoms with Crippen LogP contribution in [0.3, 0.4) is 0 Å². The monoisotopic (exact) mass is 549 g/mol. The molecular weight excluding hydrogens is 513 g/mol. The van der Waals surface area contributed by atoms with Crippen molar-refractivity contribution in [3.63, 3.8) is 0 Å². The minimum absolute atomic E-state index is 0. The lowest BCUT2D eigenvalue weighted by Crippen LogP contribution is -2.56. The predicted molar refractivity (Wildman–Crippen MR) is 138 cm³/mol. The van der Waals surface area contributed by atoms with Gasteiger partial charge in [-0.3, -0.25) is 9.89 Å². The highest BCUT2D eigenvalue weighted by molar-refractivity contribution is 14.0. The Balaban J connectivity index is 0.00000320. The van der Waals surface area contributed by atoms with Crippen LogP contribution in [0.15, 0.2) is 23.2 Å². The van der Waals surface area contributed by atoms with Crippen molar-refractivity contribution in [2.45, 2.75) is 32.7 Å². The number of nitrogens with one attached hydrogen (secondary N) is 2. The van der Waals surface area contributed by atoms with E-state index in [1.165, 1.54) is 17.7 Å². The molecular formula is C22H37ClIN5O. The molecule has 170 valence electrons. The number of rotatable bonds is 6. The van der Waals surface area contributed by atoms with Crippen molar-refractivity contribution in [3.05, 3.63) is 28.8 Å². The molecule has 0 bridgehead atoms. The Morgan fingerprint density at radius 1 is 1.23 bits per heavy atom. The molecule has 2 fully saturated rings. The smallest absolute Gasteiger partial charge is 0.191 e. The molecule has 2 heterocycles. The maximum atomic E-state index is 6.21. The van der Waals surface area contributed by atoms with Gasteiger partial charge >= 0.3 is 0 Å². The highest BCUT2D eigenvalue weighted by Crippen LogP contribution is 2.29. The standard InChI is InChI=1S/C22H36ClN5O.HI/c1-17-5-6-19(23)13-20(17)27-8-7-18(15-27)14-25-21(24-4)26-16-22(2,3)28-9-11-29-12-10-28;/h5-6,13,18H,7-12,14-16H2,1-4H3,(H2,24,25,26);1H. The van der Waals surface area contributed by atoms with Crippen molar-refractivity contribution in [2.75, 3.05) is 64.4 Å². The predicted octanol–water partition coefficient (Wildman–Crippen LogP) is 3.37. The summed E-state index contributed by atoms with van der Waals surface area (Å²) >= 11 is 6.21. The third kappa shape index (κ3) is 6.87. The summed E-state index contributed by atoms with van der Waals surface area (Å²) in [4.78, 5) is 9.36. The van der Waals surface area contributed by atoms with Crippen molar-refractivity contribution in [1.82, 2.24) is 15.5 Å². The molecule has 2 aliphatic heterocycles.